The summed E-state index contributed by atoms with van der Waals surface area (Å²) in [5.41, 5.74) is 0.904. The molecule has 2 aliphatic rings. The third-order valence-electron chi connectivity index (χ3n) is 5.02. The first-order valence-electron chi connectivity index (χ1n) is 12.6. The van der Waals surface area contributed by atoms with Crippen molar-refractivity contribution in [2.75, 3.05) is 42.4 Å². The van der Waals surface area contributed by atoms with Crippen molar-refractivity contribution in [3.8, 4) is 17.2 Å². The summed E-state index contributed by atoms with van der Waals surface area (Å²) in [6.45, 7) is 3.19. The standard InChI is InChI=1S/C8H7Br3O.C8H7ClO3S.C6H4Br2O.C4H8O.C2H4Br2.CH4.Na.2H2O/c9-4-5-12-8-6(10)2-1-3-7(8)11;9-13(10,11)7-3-1-2-6-4-5-12-8(6)7;7-4-2-1-3-5(8)6(4)9;1-2-4-5-3-1;3-1-2-4;;;;/h1-3H,4-5H2;1-3H,4-5H2;1-3,9H;1-4H2;1-2H2;1H4;;2*1H2/q;;;;;;+1;;/p-1. The third kappa shape index (κ3) is 23.0. The van der Waals surface area contributed by atoms with E-state index in [0.717, 1.165) is 55.9 Å². The smallest absolute Gasteiger partial charge is 0.870 e. The van der Waals surface area contributed by atoms with Gasteiger partial charge in [-0.1, -0.05) is 79.5 Å². The molecule has 0 aliphatic carbocycles. The van der Waals surface area contributed by atoms with Crippen LogP contribution in [0, 0.1) is 0 Å². The second kappa shape index (κ2) is 32.2. The molecule has 18 heteroatoms. The zero-order valence-corrected chi connectivity index (χ0v) is 39.3. The first-order chi connectivity index (χ1) is 20.5. The maximum atomic E-state index is 11.1. The maximum absolute atomic E-state index is 11.1. The Hall–Kier alpha value is 1.54. The molecular weight excluding hydrogens is 1130 g/mol. The summed E-state index contributed by atoms with van der Waals surface area (Å²) >= 11 is 22.8. The Kier molecular flexibility index (Phi) is 37.9. The molecule has 0 unspecified atom stereocenters. The molecule has 0 radical (unpaired) electrons. The molecule has 47 heavy (non-hydrogen) atoms. The molecule has 264 valence electrons. The number of phenolic OH excluding ortho intramolecular Hbond substituents is 1. The van der Waals surface area contributed by atoms with Gasteiger partial charge in [-0.25, -0.2) is 8.42 Å². The summed E-state index contributed by atoms with van der Waals surface area (Å²) in [6, 6.07) is 16.2. The van der Waals surface area contributed by atoms with Crippen LogP contribution < -0.4 is 39.0 Å². The molecule has 2 aliphatic heterocycles. The average molecular weight is 1160 g/mol. The fourth-order valence-electron chi connectivity index (χ4n) is 3.14. The topological polar surface area (TPSA) is 144 Å². The number of alkyl halides is 3. The van der Waals surface area contributed by atoms with Crippen LogP contribution in [-0.4, -0.2) is 66.9 Å². The van der Waals surface area contributed by atoms with E-state index < -0.39 is 9.05 Å². The van der Waals surface area contributed by atoms with Crippen molar-refractivity contribution < 1.29 is 68.2 Å². The molecule has 0 atom stereocenters. The van der Waals surface area contributed by atoms with E-state index in [2.05, 4.69) is 112 Å². The number of halogens is 8. The minimum absolute atomic E-state index is 0. The molecule has 2 heterocycles. The van der Waals surface area contributed by atoms with Crippen LogP contribution in [0.1, 0.15) is 25.8 Å². The Balaban J connectivity index is -0.000000254. The van der Waals surface area contributed by atoms with Gasteiger partial charge < -0.3 is 30.3 Å². The minimum atomic E-state index is -3.68. The first kappa shape index (κ1) is 55.3. The summed E-state index contributed by atoms with van der Waals surface area (Å²) in [5, 5.41) is 12.0. The number of fused-ring (bicyclic) bond motifs is 1. The fourth-order valence-corrected chi connectivity index (χ4v) is 6.54. The van der Waals surface area contributed by atoms with Gasteiger partial charge >= 0.3 is 29.6 Å². The van der Waals surface area contributed by atoms with E-state index in [-0.39, 0.29) is 58.6 Å². The summed E-state index contributed by atoms with van der Waals surface area (Å²) in [4.78, 5) is 0.0733. The normalized spacial score (nSPS) is 11.7. The van der Waals surface area contributed by atoms with Gasteiger partial charge in [0.2, 0.25) is 0 Å². The number of para-hydroxylation sites is 3. The predicted molar refractivity (Wildman–Crippen MR) is 213 cm³/mol. The average Bonchev–Trinajstić information content (AvgIpc) is 3.72. The van der Waals surface area contributed by atoms with Gasteiger partial charge in [-0.3, -0.25) is 0 Å². The maximum Gasteiger partial charge on any atom is 1.00 e. The van der Waals surface area contributed by atoms with Crippen molar-refractivity contribution in [1.82, 2.24) is 0 Å². The molecule has 3 aromatic rings. The molecule has 3 aromatic carbocycles. The van der Waals surface area contributed by atoms with E-state index in [9.17, 15) is 8.42 Å². The number of hydrogen-bond donors (Lipinski definition) is 1. The molecule has 1 saturated heterocycles. The number of aromatic hydroxyl groups is 1. The van der Waals surface area contributed by atoms with Crippen molar-refractivity contribution in [3.63, 3.8) is 0 Å². The van der Waals surface area contributed by atoms with E-state index in [1.165, 1.54) is 18.9 Å². The Morgan fingerprint density at radius 3 is 1.64 bits per heavy atom. The van der Waals surface area contributed by atoms with Gasteiger partial charge in [-0.15, -0.1) is 0 Å². The van der Waals surface area contributed by atoms with Crippen molar-refractivity contribution in [2.24, 2.45) is 0 Å². The van der Waals surface area contributed by atoms with Gasteiger partial charge in [0.1, 0.15) is 22.1 Å². The van der Waals surface area contributed by atoms with E-state index >= 15 is 0 Å². The Labute approximate surface area is 364 Å². The van der Waals surface area contributed by atoms with Gasteiger partial charge in [-0.2, -0.15) is 0 Å². The van der Waals surface area contributed by atoms with E-state index in [4.69, 9.17) is 30.0 Å². The van der Waals surface area contributed by atoms with E-state index in [1.807, 2.05) is 30.3 Å². The van der Waals surface area contributed by atoms with Crippen LogP contribution in [-0.2, 0) is 20.2 Å². The van der Waals surface area contributed by atoms with Crippen LogP contribution in [0.15, 0.2) is 77.4 Å². The molecule has 0 saturated carbocycles. The first-order valence-corrected chi connectivity index (χ1v) is 21.5. The quantitative estimate of drug-likeness (QED) is 0.157. The SMILES string of the molecule is BrCCBr.BrCCOc1c(Br)cccc1Br.C.C1CCOC1.O.O=S(=O)(Cl)c1cccc2c1OCC2.Oc1c(Br)cccc1Br.[Na+].[OH-]. The van der Waals surface area contributed by atoms with Crippen LogP contribution in [0.4, 0.5) is 0 Å². The summed E-state index contributed by atoms with van der Waals surface area (Å²) in [7, 11) is 1.55. The van der Waals surface area contributed by atoms with Crippen molar-refractivity contribution in [2.45, 2.75) is 31.6 Å². The van der Waals surface area contributed by atoms with Crippen molar-refractivity contribution >= 4 is 131 Å². The number of hydrogen-bond acceptors (Lipinski definition) is 7. The van der Waals surface area contributed by atoms with Crippen molar-refractivity contribution in [1.29, 1.82) is 0 Å². The van der Waals surface area contributed by atoms with Gasteiger partial charge in [-0.05, 0) is 112 Å². The Morgan fingerprint density at radius 2 is 1.26 bits per heavy atom. The van der Waals surface area contributed by atoms with Gasteiger partial charge in [0, 0.05) is 46.3 Å². The molecule has 8 nitrogen and oxygen atoms in total. The number of rotatable bonds is 5. The third-order valence-corrected chi connectivity index (χ3v) is 11.1. The number of benzene rings is 3. The van der Waals surface area contributed by atoms with Crippen LogP contribution in [0.5, 0.6) is 17.2 Å². The zero-order chi connectivity index (χ0) is 32.3. The number of phenols is 1. The van der Waals surface area contributed by atoms with Gasteiger partial charge in [0.15, 0.2) is 0 Å². The van der Waals surface area contributed by atoms with Crippen LogP contribution in [0.25, 0.3) is 0 Å². The van der Waals surface area contributed by atoms with Crippen LogP contribution in [0.2, 0.25) is 0 Å². The predicted octanol–water partition coefficient (Wildman–Crippen LogP) is 7.66. The van der Waals surface area contributed by atoms with E-state index in [0.29, 0.717) is 27.9 Å². The number of ether oxygens (including phenoxy) is 3. The summed E-state index contributed by atoms with van der Waals surface area (Å²) in [6.07, 6.45) is 3.30. The molecule has 0 aromatic heterocycles. The monoisotopic (exact) mass is 1160 g/mol. The zero-order valence-electron chi connectivity index (χ0n) is 24.6. The molecule has 4 N–H and O–H groups in total. The van der Waals surface area contributed by atoms with Crippen LogP contribution in [0.3, 0.4) is 0 Å². The molecule has 0 amide bonds. The molecule has 5 rings (SSSR count). The van der Waals surface area contributed by atoms with Gasteiger partial charge in [0.05, 0.1) is 31.1 Å². The largest absolute Gasteiger partial charge is 1.00 e. The second-order valence-electron chi connectivity index (χ2n) is 8.14. The molecule has 0 spiro atoms. The Morgan fingerprint density at radius 1 is 0.787 bits per heavy atom. The van der Waals surface area contributed by atoms with E-state index in [1.54, 1.807) is 18.2 Å². The second-order valence-corrected chi connectivity index (χ2v) is 16.5. The van der Waals surface area contributed by atoms with Crippen LogP contribution >= 0.6 is 122 Å². The van der Waals surface area contributed by atoms with Gasteiger partial charge in [0.25, 0.3) is 9.05 Å². The fraction of sp³-hybridized carbons (Fsp3) is 0.379. The Bertz CT molecular complexity index is 1310. The minimum Gasteiger partial charge on any atom is -0.870 e. The summed E-state index contributed by atoms with van der Waals surface area (Å²) < 4.78 is 41.1. The molecule has 0 bridgehead atoms. The summed E-state index contributed by atoms with van der Waals surface area (Å²) in [5.74, 6) is 1.52. The molecular formula is C29H37Br7ClNaO8S. The van der Waals surface area contributed by atoms with Crippen molar-refractivity contribution in [3.05, 3.63) is 78.1 Å². The molecule has 1 fully saturated rings.